The van der Waals surface area contributed by atoms with Crippen LogP contribution in [0.5, 0.6) is 0 Å². The molecular weight excluding hydrogens is 352 g/mol. The van der Waals surface area contributed by atoms with Crippen molar-refractivity contribution >= 4 is 5.97 Å². The van der Waals surface area contributed by atoms with Crippen molar-refractivity contribution in [2.24, 2.45) is 46.3 Å². The van der Waals surface area contributed by atoms with Gasteiger partial charge in [-0.05, 0) is 104 Å². The number of rotatable bonds is 4. The van der Waals surface area contributed by atoms with Crippen molar-refractivity contribution < 1.29 is 20.1 Å². The Hall–Kier alpha value is -0.610. The summed E-state index contributed by atoms with van der Waals surface area (Å²) in [6.07, 6.45) is 9.19. The first-order valence-corrected chi connectivity index (χ1v) is 11.7. The molecule has 0 heterocycles. The van der Waals surface area contributed by atoms with Gasteiger partial charge in [0.1, 0.15) is 0 Å². The van der Waals surface area contributed by atoms with Gasteiger partial charge in [-0.15, -0.1) is 0 Å². The SMILES string of the molecule is C[C@H](CCC(=O)O)C1CCC2C3C(CC[C@@]21C)C1(C)CC[C@@H](O)CC1C[C@H]3O. The van der Waals surface area contributed by atoms with E-state index in [4.69, 9.17) is 5.11 Å². The molecule has 0 amide bonds. The maximum Gasteiger partial charge on any atom is 0.303 e. The van der Waals surface area contributed by atoms with Gasteiger partial charge in [-0.1, -0.05) is 20.8 Å². The Bertz CT molecular complexity index is 605. The molecule has 4 fully saturated rings. The molecule has 4 heteroatoms. The minimum Gasteiger partial charge on any atom is -0.481 e. The van der Waals surface area contributed by atoms with Gasteiger partial charge in [0.2, 0.25) is 0 Å². The molecule has 10 atom stereocenters. The molecule has 4 aliphatic rings. The molecule has 4 rings (SSSR count). The highest BCUT2D eigenvalue weighted by Gasteiger charge is 2.62. The van der Waals surface area contributed by atoms with Gasteiger partial charge in [0.15, 0.2) is 0 Å². The molecule has 160 valence electrons. The van der Waals surface area contributed by atoms with Crippen molar-refractivity contribution in [1.82, 2.24) is 0 Å². The van der Waals surface area contributed by atoms with Crippen LogP contribution in [0.15, 0.2) is 0 Å². The topological polar surface area (TPSA) is 77.8 Å². The van der Waals surface area contributed by atoms with E-state index >= 15 is 0 Å². The predicted octanol–water partition coefficient (Wildman–Crippen LogP) is 4.48. The maximum absolute atomic E-state index is 11.2. The molecule has 0 aromatic heterocycles. The fraction of sp³-hybridized carbons (Fsp3) is 0.958. The molecule has 6 unspecified atom stereocenters. The number of hydrogen-bond donors (Lipinski definition) is 3. The molecule has 0 spiro atoms. The van der Waals surface area contributed by atoms with Crippen LogP contribution in [0.25, 0.3) is 0 Å². The van der Waals surface area contributed by atoms with Crippen LogP contribution in [0.4, 0.5) is 0 Å². The van der Waals surface area contributed by atoms with Gasteiger partial charge < -0.3 is 15.3 Å². The Morgan fingerprint density at radius 3 is 2.39 bits per heavy atom. The summed E-state index contributed by atoms with van der Waals surface area (Å²) in [4.78, 5) is 11.1. The lowest BCUT2D eigenvalue weighted by atomic mass is 9.43. The van der Waals surface area contributed by atoms with E-state index in [0.717, 1.165) is 32.1 Å². The van der Waals surface area contributed by atoms with Crippen molar-refractivity contribution in [2.45, 2.75) is 97.2 Å². The molecule has 0 bridgehead atoms. The fourth-order valence-electron chi connectivity index (χ4n) is 8.73. The lowest BCUT2D eigenvalue weighted by Crippen LogP contribution is -2.58. The third kappa shape index (κ3) is 3.14. The summed E-state index contributed by atoms with van der Waals surface area (Å²) in [5, 5.41) is 30.5. The van der Waals surface area contributed by atoms with E-state index < -0.39 is 5.97 Å². The van der Waals surface area contributed by atoms with Crippen molar-refractivity contribution in [2.75, 3.05) is 0 Å². The summed E-state index contributed by atoms with van der Waals surface area (Å²) in [7, 11) is 0. The molecule has 28 heavy (non-hydrogen) atoms. The second-order valence-electron chi connectivity index (χ2n) is 11.4. The van der Waals surface area contributed by atoms with Gasteiger partial charge in [-0.25, -0.2) is 0 Å². The first-order valence-electron chi connectivity index (χ1n) is 11.7. The van der Waals surface area contributed by atoms with Crippen LogP contribution in [0.1, 0.15) is 85.0 Å². The average Bonchev–Trinajstić information content (AvgIpc) is 2.98. The maximum atomic E-state index is 11.2. The summed E-state index contributed by atoms with van der Waals surface area (Å²) in [5.74, 6) is 2.36. The van der Waals surface area contributed by atoms with Crippen LogP contribution in [-0.4, -0.2) is 33.5 Å². The summed E-state index contributed by atoms with van der Waals surface area (Å²) in [6.45, 7) is 7.16. The summed E-state index contributed by atoms with van der Waals surface area (Å²) >= 11 is 0. The largest absolute Gasteiger partial charge is 0.481 e. The first kappa shape index (κ1) is 20.7. The van der Waals surface area contributed by atoms with Crippen LogP contribution >= 0.6 is 0 Å². The van der Waals surface area contributed by atoms with Crippen molar-refractivity contribution in [3.63, 3.8) is 0 Å². The van der Waals surface area contributed by atoms with Crippen LogP contribution in [-0.2, 0) is 4.79 Å². The Morgan fingerprint density at radius 1 is 1.00 bits per heavy atom. The van der Waals surface area contributed by atoms with Gasteiger partial charge in [0.25, 0.3) is 0 Å². The standard InChI is InChI=1S/C24H40O4/c1-14(4-7-21(27)28)17-5-6-18-22-19(9-11-24(17,18)3)23(2)10-8-16(25)12-15(23)13-20(22)26/h14-20,22,25-26H,4-13H2,1-3H3,(H,27,28)/t14-,15?,16-,17?,18?,19?,20-,22?,23?,24-/m1/s1. The van der Waals surface area contributed by atoms with E-state index in [1.165, 1.54) is 25.7 Å². The third-order valence-corrected chi connectivity index (χ3v) is 10.2. The first-order chi connectivity index (χ1) is 13.2. The Labute approximate surface area is 170 Å². The minimum atomic E-state index is -0.684. The molecule has 4 nitrogen and oxygen atoms in total. The second kappa shape index (κ2) is 7.27. The normalized spacial score (nSPS) is 51.7. The van der Waals surface area contributed by atoms with Crippen molar-refractivity contribution in [1.29, 1.82) is 0 Å². The molecule has 0 aromatic rings. The Morgan fingerprint density at radius 2 is 1.68 bits per heavy atom. The zero-order valence-electron chi connectivity index (χ0n) is 17.9. The summed E-state index contributed by atoms with van der Waals surface area (Å²) < 4.78 is 0. The zero-order chi connectivity index (χ0) is 20.3. The molecule has 4 saturated carbocycles. The molecule has 0 radical (unpaired) electrons. The van der Waals surface area contributed by atoms with Gasteiger partial charge in [-0.3, -0.25) is 4.79 Å². The van der Waals surface area contributed by atoms with E-state index in [0.29, 0.717) is 35.5 Å². The molecule has 0 aromatic carbocycles. The van der Waals surface area contributed by atoms with Crippen LogP contribution in [0.3, 0.4) is 0 Å². The van der Waals surface area contributed by atoms with E-state index in [1.807, 2.05) is 0 Å². The number of carboxylic acids is 1. The van der Waals surface area contributed by atoms with E-state index in [-0.39, 0.29) is 29.5 Å². The van der Waals surface area contributed by atoms with Gasteiger partial charge in [0, 0.05) is 6.42 Å². The minimum absolute atomic E-state index is 0.179. The smallest absolute Gasteiger partial charge is 0.303 e. The third-order valence-electron chi connectivity index (χ3n) is 10.2. The number of fused-ring (bicyclic) bond motifs is 5. The average molecular weight is 393 g/mol. The highest BCUT2D eigenvalue weighted by molar-refractivity contribution is 5.66. The highest BCUT2D eigenvalue weighted by atomic mass is 16.4. The number of aliphatic carboxylic acids is 1. The summed E-state index contributed by atoms with van der Waals surface area (Å²) in [6, 6.07) is 0. The summed E-state index contributed by atoms with van der Waals surface area (Å²) in [5.41, 5.74) is 0.523. The van der Waals surface area contributed by atoms with Crippen LogP contribution < -0.4 is 0 Å². The highest BCUT2D eigenvalue weighted by Crippen LogP contribution is 2.68. The monoisotopic (exact) mass is 392 g/mol. The molecule has 0 saturated heterocycles. The molecule has 0 aliphatic heterocycles. The van der Waals surface area contributed by atoms with E-state index in [2.05, 4.69) is 20.8 Å². The number of hydrogen-bond acceptors (Lipinski definition) is 3. The van der Waals surface area contributed by atoms with E-state index in [9.17, 15) is 15.0 Å². The number of aliphatic hydroxyl groups is 2. The second-order valence-corrected chi connectivity index (χ2v) is 11.4. The molecule has 3 N–H and O–H groups in total. The van der Waals surface area contributed by atoms with Crippen LogP contribution in [0.2, 0.25) is 0 Å². The van der Waals surface area contributed by atoms with Gasteiger partial charge in [0.05, 0.1) is 12.2 Å². The van der Waals surface area contributed by atoms with Crippen molar-refractivity contribution in [3.05, 3.63) is 0 Å². The Balaban J connectivity index is 1.55. The van der Waals surface area contributed by atoms with Crippen molar-refractivity contribution in [3.8, 4) is 0 Å². The fourth-order valence-corrected chi connectivity index (χ4v) is 8.73. The Kier molecular flexibility index (Phi) is 5.36. The lowest BCUT2D eigenvalue weighted by Gasteiger charge is -2.62. The number of carboxylic acid groups (broad SMARTS) is 1. The van der Waals surface area contributed by atoms with Gasteiger partial charge in [-0.2, -0.15) is 0 Å². The lowest BCUT2D eigenvalue weighted by molar-refractivity contribution is -0.174. The quantitative estimate of drug-likeness (QED) is 0.659. The van der Waals surface area contributed by atoms with E-state index in [1.54, 1.807) is 0 Å². The zero-order valence-corrected chi connectivity index (χ0v) is 17.9. The molecular formula is C24H40O4. The number of aliphatic hydroxyl groups excluding tert-OH is 2. The number of carbonyl (C=O) groups is 1. The van der Waals surface area contributed by atoms with Gasteiger partial charge >= 0.3 is 5.97 Å². The predicted molar refractivity (Wildman–Crippen MR) is 109 cm³/mol. The van der Waals surface area contributed by atoms with Crippen LogP contribution in [0, 0.1) is 46.3 Å². The molecule has 4 aliphatic carbocycles.